The van der Waals surface area contributed by atoms with Gasteiger partial charge in [0.05, 0.1) is 12.2 Å². The van der Waals surface area contributed by atoms with Crippen LogP contribution in [0.4, 0.5) is 0 Å². The smallest absolute Gasteiger partial charge is 0.243 e. The maximum atomic E-state index is 12.4. The van der Waals surface area contributed by atoms with Crippen molar-refractivity contribution in [3.63, 3.8) is 0 Å². The van der Waals surface area contributed by atoms with Crippen LogP contribution in [0.2, 0.25) is 0 Å². The number of nitrogens with zero attached hydrogens (tertiary/aromatic N) is 2. The molecule has 0 aliphatic rings. The molecule has 1 heterocycles. The Labute approximate surface area is 132 Å². The molecule has 2 aromatic rings. The molecule has 1 aromatic carbocycles. The Morgan fingerprint density at radius 3 is 2.36 bits per heavy atom. The van der Waals surface area contributed by atoms with Crippen molar-refractivity contribution >= 4 is 10.0 Å². The standard InChI is InChI=1S/C16H23N3O2S/c1-5-17-22(20,21)14-12-19(18-15(14)16(2,3)4)11-13-9-7-6-8-10-13/h6-10,12,17H,5,11H2,1-4H3. The van der Waals surface area contributed by atoms with Crippen LogP contribution >= 0.6 is 0 Å². The fourth-order valence-corrected chi connectivity index (χ4v) is 3.64. The van der Waals surface area contributed by atoms with Crippen LogP contribution in [0.5, 0.6) is 0 Å². The minimum atomic E-state index is -3.53. The zero-order chi connectivity index (χ0) is 16.4. The first kappa shape index (κ1) is 16.7. The van der Waals surface area contributed by atoms with Crippen molar-refractivity contribution in [1.29, 1.82) is 0 Å². The minimum Gasteiger partial charge on any atom is -0.267 e. The molecule has 0 saturated carbocycles. The van der Waals surface area contributed by atoms with Crippen molar-refractivity contribution in [1.82, 2.24) is 14.5 Å². The molecule has 0 aliphatic heterocycles. The van der Waals surface area contributed by atoms with E-state index in [0.29, 0.717) is 18.8 Å². The highest BCUT2D eigenvalue weighted by molar-refractivity contribution is 7.89. The molecule has 0 unspecified atom stereocenters. The summed E-state index contributed by atoms with van der Waals surface area (Å²) in [4.78, 5) is 0.262. The second-order valence-corrected chi connectivity index (χ2v) is 8.01. The fourth-order valence-electron chi connectivity index (χ4n) is 2.24. The average Bonchev–Trinajstić information content (AvgIpc) is 2.85. The van der Waals surface area contributed by atoms with Gasteiger partial charge in [-0.25, -0.2) is 13.1 Å². The van der Waals surface area contributed by atoms with Gasteiger partial charge >= 0.3 is 0 Å². The van der Waals surface area contributed by atoms with Gasteiger partial charge in [-0.2, -0.15) is 5.10 Å². The van der Waals surface area contributed by atoms with E-state index < -0.39 is 10.0 Å². The van der Waals surface area contributed by atoms with Crippen molar-refractivity contribution in [2.75, 3.05) is 6.54 Å². The molecular formula is C16H23N3O2S. The monoisotopic (exact) mass is 321 g/mol. The molecular weight excluding hydrogens is 298 g/mol. The first-order valence-electron chi connectivity index (χ1n) is 7.35. The number of nitrogens with one attached hydrogen (secondary N) is 1. The molecule has 0 atom stereocenters. The largest absolute Gasteiger partial charge is 0.267 e. The summed E-state index contributed by atoms with van der Waals surface area (Å²) in [5.41, 5.74) is 1.32. The van der Waals surface area contributed by atoms with E-state index in [1.165, 1.54) is 0 Å². The van der Waals surface area contributed by atoms with E-state index in [4.69, 9.17) is 0 Å². The van der Waals surface area contributed by atoms with Gasteiger partial charge in [-0.3, -0.25) is 4.68 Å². The highest BCUT2D eigenvalue weighted by Gasteiger charge is 2.29. The molecule has 1 aromatic heterocycles. The summed E-state index contributed by atoms with van der Waals surface area (Å²) in [5, 5.41) is 4.52. The summed E-state index contributed by atoms with van der Waals surface area (Å²) in [5.74, 6) is 0. The van der Waals surface area contributed by atoms with E-state index in [1.54, 1.807) is 17.8 Å². The molecule has 22 heavy (non-hydrogen) atoms. The fraction of sp³-hybridized carbons (Fsp3) is 0.438. The lowest BCUT2D eigenvalue weighted by Crippen LogP contribution is -2.26. The molecule has 0 radical (unpaired) electrons. The van der Waals surface area contributed by atoms with E-state index in [-0.39, 0.29) is 10.3 Å². The van der Waals surface area contributed by atoms with E-state index in [0.717, 1.165) is 5.56 Å². The molecule has 0 fully saturated rings. The zero-order valence-electron chi connectivity index (χ0n) is 13.5. The highest BCUT2D eigenvalue weighted by Crippen LogP contribution is 2.27. The first-order valence-corrected chi connectivity index (χ1v) is 8.84. The lowest BCUT2D eigenvalue weighted by molar-refractivity contribution is 0.531. The first-order chi connectivity index (χ1) is 10.2. The Bertz CT molecular complexity index is 728. The summed E-state index contributed by atoms with van der Waals surface area (Å²) < 4.78 is 29.0. The minimum absolute atomic E-state index is 0.262. The van der Waals surface area contributed by atoms with Gasteiger partial charge in [0.1, 0.15) is 4.90 Å². The predicted molar refractivity (Wildman–Crippen MR) is 87.3 cm³/mol. The lowest BCUT2D eigenvalue weighted by Gasteiger charge is -2.17. The molecule has 0 aliphatic carbocycles. The van der Waals surface area contributed by atoms with Crippen molar-refractivity contribution in [3.8, 4) is 0 Å². The van der Waals surface area contributed by atoms with E-state index in [1.807, 2.05) is 51.1 Å². The van der Waals surface area contributed by atoms with Gasteiger partial charge in [-0.15, -0.1) is 0 Å². The molecule has 0 spiro atoms. The van der Waals surface area contributed by atoms with Crippen molar-refractivity contribution in [2.45, 2.75) is 44.6 Å². The van der Waals surface area contributed by atoms with E-state index in [9.17, 15) is 8.42 Å². The van der Waals surface area contributed by atoms with Crippen molar-refractivity contribution in [2.24, 2.45) is 0 Å². The molecule has 0 amide bonds. The van der Waals surface area contributed by atoms with Crippen molar-refractivity contribution in [3.05, 3.63) is 47.8 Å². The van der Waals surface area contributed by atoms with Gasteiger partial charge in [0.15, 0.2) is 0 Å². The predicted octanol–water partition coefficient (Wildman–Crippen LogP) is 2.53. The molecule has 1 N–H and O–H groups in total. The summed E-state index contributed by atoms with van der Waals surface area (Å²) >= 11 is 0. The average molecular weight is 321 g/mol. The zero-order valence-corrected chi connectivity index (χ0v) is 14.3. The Morgan fingerprint density at radius 2 is 1.82 bits per heavy atom. The number of benzene rings is 1. The third-order valence-electron chi connectivity index (χ3n) is 3.25. The van der Waals surface area contributed by atoms with Crippen LogP contribution in [-0.4, -0.2) is 24.7 Å². The van der Waals surface area contributed by atoms with Crippen LogP contribution < -0.4 is 4.72 Å². The van der Waals surface area contributed by atoms with Gasteiger partial charge in [0, 0.05) is 18.2 Å². The summed E-state index contributed by atoms with van der Waals surface area (Å²) in [6, 6.07) is 9.86. The third-order valence-corrected chi connectivity index (χ3v) is 4.80. The summed E-state index contributed by atoms with van der Waals surface area (Å²) in [7, 11) is -3.53. The quantitative estimate of drug-likeness (QED) is 0.920. The second kappa shape index (κ2) is 6.22. The number of hydrogen-bond donors (Lipinski definition) is 1. The number of hydrogen-bond acceptors (Lipinski definition) is 3. The van der Waals surface area contributed by atoms with Crippen LogP contribution in [0.15, 0.2) is 41.4 Å². The Kier molecular flexibility index (Phi) is 4.72. The van der Waals surface area contributed by atoms with Crippen molar-refractivity contribution < 1.29 is 8.42 Å². The maximum Gasteiger partial charge on any atom is 0.243 e. The number of rotatable bonds is 5. The van der Waals surface area contributed by atoms with Crippen LogP contribution in [0.1, 0.15) is 39.0 Å². The second-order valence-electron chi connectivity index (χ2n) is 6.28. The van der Waals surface area contributed by atoms with Gasteiger partial charge in [0.25, 0.3) is 0 Å². The number of aromatic nitrogens is 2. The molecule has 6 heteroatoms. The molecule has 0 bridgehead atoms. The Morgan fingerprint density at radius 1 is 1.18 bits per heavy atom. The van der Waals surface area contributed by atoms with Gasteiger partial charge < -0.3 is 0 Å². The van der Waals surface area contributed by atoms with Gasteiger partial charge in [0.2, 0.25) is 10.0 Å². The molecule has 120 valence electrons. The van der Waals surface area contributed by atoms with Crippen LogP contribution in [-0.2, 0) is 22.0 Å². The summed E-state index contributed by atoms with van der Waals surface area (Å²) in [6.07, 6.45) is 1.62. The van der Waals surface area contributed by atoms with Gasteiger partial charge in [-0.05, 0) is 5.56 Å². The Balaban J connectivity index is 2.45. The Hall–Kier alpha value is -1.66. The molecule has 5 nitrogen and oxygen atoms in total. The SMILES string of the molecule is CCNS(=O)(=O)c1cn(Cc2ccccc2)nc1C(C)(C)C. The highest BCUT2D eigenvalue weighted by atomic mass is 32.2. The van der Waals surface area contributed by atoms with Crippen LogP contribution in [0, 0.1) is 0 Å². The third kappa shape index (κ3) is 3.75. The summed E-state index contributed by atoms with van der Waals surface area (Å²) in [6.45, 7) is 8.57. The lowest BCUT2D eigenvalue weighted by atomic mass is 9.92. The number of sulfonamides is 1. The van der Waals surface area contributed by atoms with E-state index in [2.05, 4.69) is 9.82 Å². The van der Waals surface area contributed by atoms with E-state index >= 15 is 0 Å². The normalized spacial score (nSPS) is 12.5. The maximum absolute atomic E-state index is 12.4. The van der Waals surface area contributed by atoms with Gasteiger partial charge in [-0.1, -0.05) is 58.0 Å². The molecule has 2 rings (SSSR count). The topological polar surface area (TPSA) is 64.0 Å². The molecule has 0 saturated heterocycles. The van der Waals surface area contributed by atoms with Crippen LogP contribution in [0.25, 0.3) is 0 Å². The van der Waals surface area contributed by atoms with Crippen LogP contribution in [0.3, 0.4) is 0 Å².